The third-order valence-electron chi connectivity index (χ3n) is 4.92. The van der Waals surface area contributed by atoms with E-state index in [1.54, 1.807) is 0 Å². The maximum atomic E-state index is 12.5. The minimum atomic E-state index is -0.0854. The first-order valence-electron chi connectivity index (χ1n) is 9.53. The van der Waals surface area contributed by atoms with Crippen molar-refractivity contribution in [3.8, 4) is 17.1 Å². The molecule has 0 aliphatic carbocycles. The van der Waals surface area contributed by atoms with Gasteiger partial charge in [0, 0.05) is 30.6 Å². The number of likely N-dealkylation sites (tertiary alicyclic amines) is 1. The van der Waals surface area contributed by atoms with Crippen LogP contribution < -0.4 is 4.74 Å². The largest absolute Gasteiger partial charge is 0.494 e. The van der Waals surface area contributed by atoms with Crippen molar-refractivity contribution in [1.29, 1.82) is 0 Å². The molecule has 144 valence electrons. The Morgan fingerprint density at radius 3 is 2.89 bits per heavy atom. The maximum absolute atomic E-state index is 12.5. The van der Waals surface area contributed by atoms with Gasteiger partial charge in [-0.3, -0.25) is 4.79 Å². The van der Waals surface area contributed by atoms with Gasteiger partial charge in [-0.25, -0.2) is 0 Å². The van der Waals surface area contributed by atoms with Crippen molar-refractivity contribution in [3.63, 3.8) is 0 Å². The van der Waals surface area contributed by atoms with Crippen LogP contribution in [-0.2, 0) is 11.3 Å². The quantitative estimate of drug-likeness (QED) is 0.650. The lowest BCUT2D eigenvalue weighted by Crippen LogP contribution is -2.24. The number of rotatable bonds is 6. The van der Waals surface area contributed by atoms with Gasteiger partial charge in [-0.15, -0.1) is 0 Å². The molecule has 1 aliphatic rings. The second-order valence-corrected chi connectivity index (χ2v) is 7.04. The summed E-state index contributed by atoms with van der Waals surface area (Å²) in [6.07, 6.45) is 0.381. The van der Waals surface area contributed by atoms with Gasteiger partial charge in [0.05, 0.1) is 12.5 Å². The monoisotopic (exact) mass is 377 g/mol. The summed E-state index contributed by atoms with van der Waals surface area (Å²) in [5.41, 5.74) is 3.06. The number of ether oxygens (including phenoxy) is 1. The highest BCUT2D eigenvalue weighted by Gasteiger charge is 2.34. The molecule has 1 saturated heterocycles. The van der Waals surface area contributed by atoms with E-state index in [0.717, 1.165) is 22.4 Å². The normalized spacial score (nSPS) is 16.6. The highest BCUT2D eigenvalue weighted by atomic mass is 16.5. The zero-order valence-electron chi connectivity index (χ0n) is 16.1. The number of benzene rings is 2. The molecule has 0 radical (unpaired) electrons. The van der Waals surface area contributed by atoms with E-state index in [-0.39, 0.29) is 11.8 Å². The zero-order chi connectivity index (χ0) is 19.5. The van der Waals surface area contributed by atoms with Crippen molar-refractivity contribution >= 4 is 5.91 Å². The Bertz CT molecular complexity index is 982. The van der Waals surface area contributed by atoms with Gasteiger partial charge in [0.25, 0.3) is 0 Å². The van der Waals surface area contributed by atoms with Gasteiger partial charge in [0.15, 0.2) is 0 Å². The van der Waals surface area contributed by atoms with Gasteiger partial charge < -0.3 is 14.2 Å². The Labute approximate surface area is 164 Å². The first-order valence-corrected chi connectivity index (χ1v) is 9.53. The summed E-state index contributed by atoms with van der Waals surface area (Å²) in [5, 5.41) is 4.11. The van der Waals surface area contributed by atoms with E-state index >= 15 is 0 Å². The topological polar surface area (TPSA) is 68.5 Å². The summed E-state index contributed by atoms with van der Waals surface area (Å²) in [5.74, 6) is 1.90. The molecule has 1 aromatic heterocycles. The van der Waals surface area contributed by atoms with Crippen LogP contribution in [0.25, 0.3) is 11.4 Å². The number of aromatic nitrogens is 2. The van der Waals surface area contributed by atoms with E-state index in [1.165, 1.54) is 0 Å². The smallest absolute Gasteiger partial charge is 0.232 e. The lowest BCUT2D eigenvalue weighted by Gasteiger charge is -2.18. The summed E-state index contributed by atoms with van der Waals surface area (Å²) in [6, 6.07) is 15.8. The number of para-hydroxylation sites is 1. The number of carbonyl (C=O) groups is 1. The Morgan fingerprint density at radius 1 is 1.21 bits per heavy atom. The third-order valence-corrected chi connectivity index (χ3v) is 4.92. The van der Waals surface area contributed by atoms with Gasteiger partial charge in [-0.05, 0) is 26.0 Å². The van der Waals surface area contributed by atoms with Crippen LogP contribution in [0.1, 0.15) is 36.3 Å². The molecule has 1 amide bonds. The molecule has 0 saturated carbocycles. The number of hydrogen-bond donors (Lipinski definition) is 0. The van der Waals surface area contributed by atoms with Crippen LogP contribution in [0.15, 0.2) is 53.1 Å². The standard InChI is InChI=1S/C22H23N3O3/c1-3-27-19-10-5-4-8-17(19)13-25-14-18(12-20(25)26)22-23-21(24-28-22)16-9-6-7-15(2)11-16/h4-11,18H,3,12-14H2,1-2H3. The van der Waals surface area contributed by atoms with Crippen LogP contribution in [0.5, 0.6) is 5.75 Å². The van der Waals surface area contributed by atoms with Gasteiger partial charge in [-0.2, -0.15) is 4.98 Å². The van der Waals surface area contributed by atoms with E-state index in [4.69, 9.17) is 9.26 Å². The van der Waals surface area contributed by atoms with Crippen LogP contribution in [0.2, 0.25) is 0 Å². The van der Waals surface area contributed by atoms with Gasteiger partial charge in [0.2, 0.25) is 17.6 Å². The van der Waals surface area contributed by atoms with E-state index in [1.807, 2.05) is 67.3 Å². The minimum Gasteiger partial charge on any atom is -0.494 e. The molecule has 4 rings (SSSR count). The van der Waals surface area contributed by atoms with Gasteiger partial charge in [0.1, 0.15) is 5.75 Å². The molecule has 2 heterocycles. The van der Waals surface area contributed by atoms with Crippen LogP contribution in [0.4, 0.5) is 0 Å². The number of nitrogens with zero attached hydrogens (tertiary/aromatic N) is 3. The molecule has 1 aliphatic heterocycles. The van der Waals surface area contributed by atoms with Crippen LogP contribution >= 0.6 is 0 Å². The molecule has 0 bridgehead atoms. The van der Waals surface area contributed by atoms with E-state index in [0.29, 0.717) is 37.8 Å². The second-order valence-electron chi connectivity index (χ2n) is 7.04. The lowest BCUT2D eigenvalue weighted by atomic mass is 10.1. The van der Waals surface area contributed by atoms with Crippen LogP contribution in [-0.4, -0.2) is 34.1 Å². The van der Waals surface area contributed by atoms with Crippen LogP contribution in [0, 0.1) is 6.92 Å². The third kappa shape index (κ3) is 3.76. The van der Waals surface area contributed by atoms with E-state index in [2.05, 4.69) is 10.1 Å². The predicted octanol–water partition coefficient (Wildman–Crippen LogP) is 3.96. The molecule has 2 aromatic carbocycles. The molecule has 1 unspecified atom stereocenters. The highest BCUT2D eigenvalue weighted by Crippen LogP contribution is 2.31. The molecule has 28 heavy (non-hydrogen) atoms. The SMILES string of the molecule is CCOc1ccccc1CN1CC(c2nc(-c3cccc(C)c3)no2)CC1=O. The summed E-state index contributed by atoms with van der Waals surface area (Å²) >= 11 is 0. The number of hydrogen-bond acceptors (Lipinski definition) is 5. The fourth-order valence-corrected chi connectivity index (χ4v) is 3.53. The number of amides is 1. The molecular weight excluding hydrogens is 354 g/mol. The average Bonchev–Trinajstić information content (AvgIpc) is 3.31. The first kappa shape index (κ1) is 18.2. The molecular formula is C22H23N3O3. The molecule has 0 spiro atoms. The van der Waals surface area contributed by atoms with Crippen molar-refractivity contribution in [2.75, 3.05) is 13.2 Å². The summed E-state index contributed by atoms with van der Waals surface area (Å²) in [4.78, 5) is 18.9. The Hall–Kier alpha value is -3.15. The fraction of sp³-hybridized carbons (Fsp3) is 0.318. The average molecular weight is 377 g/mol. The van der Waals surface area contributed by atoms with Gasteiger partial charge in [-0.1, -0.05) is 47.1 Å². The van der Waals surface area contributed by atoms with Gasteiger partial charge >= 0.3 is 0 Å². The second kappa shape index (κ2) is 7.84. The molecule has 1 atom stereocenters. The zero-order valence-corrected chi connectivity index (χ0v) is 16.1. The van der Waals surface area contributed by atoms with Crippen molar-refractivity contribution in [2.45, 2.75) is 32.7 Å². The Balaban J connectivity index is 1.48. The van der Waals surface area contributed by atoms with Crippen molar-refractivity contribution in [3.05, 3.63) is 65.5 Å². The first-order chi connectivity index (χ1) is 13.6. The molecule has 0 N–H and O–H groups in total. The highest BCUT2D eigenvalue weighted by molar-refractivity contribution is 5.79. The summed E-state index contributed by atoms with van der Waals surface area (Å²) in [7, 11) is 0. The van der Waals surface area contributed by atoms with E-state index in [9.17, 15) is 4.79 Å². The number of aryl methyl sites for hydroxylation is 1. The number of carbonyl (C=O) groups excluding carboxylic acids is 1. The summed E-state index contributed by atoms with van der Waals surface area (Å²) in [6.45, 7) is 5.66. The molecule has 3 aromatic rings. The minimum absolute atomic E-state index is 0.0854. The van der Waals surface area contributed by atoms with Crippen molar-refractivity contribution in [2.24, 2.45) is 0 Å². The Morgan fingerprint density at radius 2 is 2.07 bits per heavy atom. The lowest BCUT2D eigenvalue weighted by molar-refractivity contribution is -0.128. The fourth-order valence-electron chi connectivity index (χ4n) is 3.53. The van der Waals surface area contributed by atoms with E-state index < -0.39 is 0 Å². The maximum Gasteiger partial charge on any atom is 0.232 e. The molecule has 6 heteroatoms. The summed E-state index contributed by atoms with van der Waals surface area (Å²) < 4.78 is 11.2. The molecule has 1 fully saturated rings. The van der Waals surface area contributed by atoms with Crippen molar-refractivity contribution in [1.82, 2.24) is 15.0 Å². The molecule has 6 nitrogen and oxygen atoms in total. The van der Waals surface area contributed by atoms with Crippen molar-refractivity contribution < 1.29 is 14.1 Å². The Kier molecular flexibility index (Phi) is 5.10. The van der Waals surface area contributed by atoms with Crippen LogP contribution in [0.3, 0.4) is 0 Å². The predicted molar refractivity (Wildman–Crippen MR) is 105 cm³/mol.